The van der Waals surface area contributed by atoms with Gasteiger partial charge in [-0.15, -0.1) is 0 Å². The number of anilines is 1. The summed E-state index contributed by atoms with van der Waals surface area (Å²) in [7, 11) is 0. The first-order valence-electron chi connectivity index (χ1n) is 9.38. The lowest BCUT2D eigenvalue weighted by Gasteiger charge is -2.08. The maximum Gasteiger partial charge on any atom is 0.269 e. The van der Waals surface area contributed by atoms with Gasteiger partial charge in [0.15, 0.2) is 5.82 Å². The molecule has 0 fully saturated rings. The van der Waals surface area contributed by atoms with Crippen molar-refractivity contribution in [3.8, 4) is 0 Å². The molecule has 3 aromatic rings. The first-order valence-corrected chi connectivity index (χ1v) is 10.2. The van der Waals surface area contributed by atoms with Crippen LogP contribution >= 0.6 is 15.9 Å². The third kappa shape index (κ3) is 4.40. The number of hydrogen-bond donors (Lipinski definition) is 1. The van der Waals surface area contributed by atoms with Gasteiger partial charge in [-0.2, -0.15) is 5.10 Å². The SMILES string of the molecule is Cc1ccccc1Cn1nc(NC(=O)C2CC(c3cccc(Br)c3)=NO2)cc1C. The lowest BCUT2D eigenvalue weighted by atomic mass is 10.0. The molecule has 1 aromatic heterocycles. The van der Waals surface area contributed by atoms with Gasteiger partial charge in [-0.1, -0.05) is 57.5 Å². The predicted molar refractivity (Wildman–Crippen MR) is 116 cm³/mol. The van der Waals surface area contributed by atoms with Crippen molar-refractivity contribution in [2.24, 2.45) is 5.16 Å². The molecule has 6 nitrogen and oxygen atoms in total. The number of benzene rings is 2. The minimum atomic E-state index is -0.661. The first kappa shape index (κ1) is 19.4. The molecule has 1 N–H and O–H groups in total. The lowest BCUT2D eigenvalue weighted by molar-refractivity contribution is -0.125. The third-order valence-corrected chi connectivity index (χ3v) is 5.43. The van der Waals surface area contributed by atoms with Gasteiger partial charge in [0.05, 0.1) is 12.3 Å². The standard InChI is InChI=1S/C22H21BrN4O2/c1-14-6-3-4-7-17(14)13-27-15(2)10-21(25-27)24-22(28)20-12-19(26-29-20)16-8-5-9-18(23)11-16/h3-11,20H,12-13H2,1-2H3,(H,24,25,28). The zero-order chi connectivity index (χ0) is 20.4. The number of halogens is 1. The number of nitrogens with zero attached hydrogens (tertiary/aromatic N) is 3. The molecule has 29 heavy (non-hydrogen) atoms. The summed E-state index contributed by atoms with van der Waals surface area (Å²) in [6, 6.07) is 17.8. The number of hydrogen-bond acceptors (Lipinski definition) is 4. The van der Waals surface area contributed by atoms with E-state index in [0.717, 1.165) is 21.4 Å². The molecule has 0 radical (unpaired) electrons. The van der Waals surface area contributed by atoms with Gasteiger partial charge >= 0.3 is 0 Å². The molecule has 2 heterocycles. The minimum absolute atomic E-state index is 0.251. The first-order chi connectivity index (χ1) is 14.0. The van der Waals surface area contributed by atoms with E-state index in [4.69, 9.17) is 4.84 Å². The Morgan fingerprint density at radius 1 is 1.21 bits per heavy atom. The molecule has 148 valence electrons. The van der Waals surface area contributed by atoms with Gasteiger partial charge < -0.3 is 10.2 Å². The summed E-state index contributed by atoms with van der Waals surface area (Å²) < 4.78 is 2.84. The zero-order valence-electron chi connectivity index (χ0n) is 16.2. The second-order valence-electron chi connectivity index (χ2n) is 7.09. The molecule has 0 bridgehead atoms. The number of oxime groups is 1. The van der Waals surface area contributed by atoms with Gasteiger partial charge in [-0.05, 0) is 37.1 Å². The number of rotatable bonds is 5. The van der Waals surface area contributed by atoms with Crippen LogP contribution in [0.5, 0.6) is 0 Å². The van der Waals surface area contributed by atoms with Crippen LogP contribution in [0.25, 0.3) is 0 Å². The maximum absolute atomic E-state index is 12.6. The van der Waals surface area contributed by atoms with Crippen molar-refractivity contribution in [3.63, 3.8) is 0 Å². The van der Waals surface area contributed by atoms with Crippen LogP contribution in [0.2, 0.25) is 0 Å². The lowest BCUT2D eigenvalue weighted by Crippen LogP contribution is -2.28. The summed E-state index contributed by atoms with van der Waals surface area (Å²) in [5.74, 6) is 0.264. The Kier molecular flexibility index (Phi) is 5.49. The number of carbonyl (C=O) groups is 1. The summed E-state index contributed by atoms with van der Waals surface area (Å²) in [5, 5.41) is 11.5. The molecule has 1 aliphatic rings. The molecule has 1 aliphatic heterocycles. The second-order valence-corrected chi connectivity index (χ2v) is 8.01. The number of aryl methyl sites for hydroxylation is 2. The predicted octanol–water partition coefficient (Wildman–Crippen LogP) is 4.44. The highest BCUT2D eigenvalue weighted by Gasteiger charge is 2.29. The topological polar surface area (TPSA) is 68.5 Å². The van der Waals surface area contributed by atoms with Crippen LogP contribution in [0.4, 0.5) is 5.82 Å². The minimum Gasteiger partial charge on any atom is -0.382 e. The van der Waals surface area contributed by atoms with Crippen molar-refractivity contribution < 1.29 is 9.63 Å². The Bertz CT molecular complexity index is 1090. The summed E-state index contributed by atoms with van der Waals surface area (Å²) in [5.41, 5.74) is 5.08. The molecular weight excluding hydrogens is 432 g/mol. The van der Waals surface area contributed by atoms with Gasteiger partial charge in [0.1, 0.15) is 0 Å². The third-order valence-electron chi connectivity index (χ3n) is 4.93. The summed E-state index contributed by atoms with van der Waals surface area (Å²) >= 11 is 3.45. The van der Waals surface area contributed by atoms with Crippen LogP contribution < -0.4 is 5.32 Å². The Balaban J connectivity index is 1.40. The quantitative estimate of drug-likeness (QED) is 0.621. The van der Waals surface area contributed by atoms with Crippen LogP contribution in [0.1, 0.15) is 28.8 Å². The van der Waals surface area contributed by atoms with Gasteiger partial charge in [-0.3, -0.25) is 9.48 Å². The maximum atomic E-state index is 12.6. The highest BCUT2D eigenvalue weighted by molar-refractivity contribution is 9.10. The smallest absolute Gasteiger partial charge is 0.269 e. The van der Waals surface area contributed by atoms with E-state index in [1.54, 1.807) is 0 Å². The van der Waals surface area contributed by atoms with Crippen molar-refractivity contribution in [2.45, 2.75) is 32.9 Å². The van der Waals surface area contributed by atoms with Crippen LogP contribution in [0, 0.1) is 13.8 Å². The number of nitrogens with one attached hydrogen (secondary N) is 1. The Labute approximate surface area is 177 Å². The molecule has 2 aromatic carbocycles. The number of amides is 1. The molecule has 4 rings (SSSR count). The number of carbonyl (C=O) groups excluding carboxylic acids is 1. The largest absolute Gasteiger partial charge is 0.382 e. The van der Waals surface area contributed by atoms with Crippen molar-refractivity contribution >= 4 is 33.4 Å². The van der Waals surface area contributed by atoms with Gasteiger partial charge in [0.2, 0.25) is 6.10 Å². The molecule has 0 saturated carbocycles. The van der Waals surface area contributed by atoms with E-state index in [1.165, 1.54) is 11.1 Å². The van der Waals surface area contributed by atoms with E-state index >= 15 is 0 Å². The van der Waals surface area contributed by atoms with Gasteiger partial charge in [0.25, 0.3) is 5.91 Å². The van der Waals surface area contributed by atoms with E-state index in [2.05, 4.69) is 50.6 Å². The molecule has 1 atom stereocenters. The Morgan fingerprint density at radius 3 is 2.83 bits per heavy atom. The van der Waals surface area contributed by atoms with Crippen molar-refractivity contribution in [3.05, 3.63) is 81.5 Å². The van der Waals surface area contributed by atoms with Crippen LogP contribution in [-0.4, -0.2) is 27.5 Å². The van der Waals surface area contributed by atoms with E-state index in [0.29, 0.717) is 18.8 Å². The van der Waals surface area contributed by atoms with Gasteiger partial charge in [0, 0.05) is 28.2 Å². The Hall–Kier alpha value is -2.93. The zero-order valence-corrected chi connectivity index (χ0v) is 17.8. The summed E-state index contributed by atoms with van der Waals surface area (Å²) in [4.78, 5) is 18.0. The molecule has 0 aliphatic carbocycles. The van der Waals surface area contributed by atoms with E-state index < -0.39 is 6.10 Å². The monoisotopic (exact) mass is 452 g/mol. The molecule has 0 spiro atoms. The molecule has 0 saturated heterocycles. The molecular formula is C22H21BrN4O2. The van der Waals surface area contributed by atoms with E-state index in [-0.39, 0.29) is 5.91 Å². The summed E-state index contributed by atoms with van der Waals surface area (Å²) in [6.45, 7) is 4.71. The summed E-state index contributed by atoms with van der Waals surface area (Å²) in [6.07, 6.45) is -0.239. The average Bonchev–Trinajstić information content (AvgIpc) is 3.31. The van der Waals surface area contributed by atoms with Crippen molar-refractivity contribution in [1.82, 2.24) is 9.78 Å². The highest BCUT2D eigenvalue weighted by Crippen LogP contribution is 2.21. The van der Waals surface area contributed by atoms with E-state index in [1.807, 2.05) is 54.1 Å². The fourth-order valence-corrected chi connectivity index (χ4v) is 3.64. The van der Waals surface area contributed by atoms with Crippen molar-refractivity contribution in [1.29, 1.82) is 0 Å². The Morgan fingerprint density at radius 2 is 2.03 bits per heavy atom. The number of aromatic nitrogens is 2. The average molecular weight is 453 g/mol. The molecule has 7 heteroatoms. The molecule has 1 amide bonds. The van der Waals surface area contributed by atoms with Crippen molar-refractivity contribution in [2.75, 3.05) is 5.32 Å². The fourth-order valence-electron chi connectivity index (χ4n) is 3.24. The van der Waals surface area contributed by atoms with Gasteiger partial charge in [-0.25, -0.2) is 0 Å². The normalized spacial score (nSPS) is 15.7. The van der Waals surface area contributed by atoms with E-state index in [9.17, 15) is 4.79 Å². The second kappa shape index (κ2) is 8.21. The van der Waals surface area contributed by atoms with Crippen LogP contribution in [0.3, 0.4) is 0 Å². The van der Waals surface area contributed by atoms with Crippen LogP contribution in [-0.2, 0) is 16.2 Å². The van der Waals surface area contributed by atoms with Crippen LogP contribution in [0.15, 0.2) is 64.2 Å². The fraction of sp³-hybridized carbons (Fsp3) is 0.227. The highest BCUT2D eigenvalue weighted by atomic mass is 79.9. The molecule has 1 unspecified atom stereocenters.